The summed E-state index contributed by atoms with van der Waals surface area (Å²) in [5, 5.41) is 0. The second kappa shape index (κ2) is 6.72. The molecular formula is C15H22N2O2. The number of imide groups is 1. The van der Waals surface area contributed by atoms with Crippen molar-refractivity contribution in [2.24, 2.45) is 0 Å². The molecule has 4 nitrogen and oxygen atoms in total. The van der Waals surface area contributed by atoms with Crippen LogP contribution in [0.15, 0.2) is 0 Å². The Labute approximate surface area is 115 Å². The number of nitrogens with zero attached hydrogens (tertiary/aromatic N) is 2. The molecular weight excluding hydrogens is 240 g/mol. The zero-order valence-electron chi connectivity index (χ0n) is 11.7. The molecule has 104 valence electrons. The van der Waals surface area contributed by atoms with Crippen LogP contribution in [0.4, 0.5) is 0 Å². The van der Waals surface area contributed by atoms with Crippen LogP contribution in [0.5, 0.6) is 0 Å². The van der Waals surface area contributed by atoms with Gasteiger partial charge in [-0.25, -0.2) is 0 Å². The molecule has 0 spiro atoms. The van der Waals surface area contributed by atoms with E-state index in [2.05, 4.69) is 16.7 Å². The fourth-order valence-corrected chi connectivity index (χ4v) is 2.69. The zero-order chi connectivity index (χ0) is 13.7. The molecule has 0 radical (unpaired) electrons. The summed E-state index contributed by atoms with van der Waals surface area (Å²) in [5.41, 5.74) is 0. The van der Waals surface area contributed by atoms with Gasteiger partial charge in [0.25, 0.3) is 0 Å². The van der Waals surface area contributed by atoms with E-state index in [-0.39, 0.29) is 17.9 Å². The molecule has 1 atom stereocenters. The SMILES string of the molecule is C[C@@H](C#CCN1CCCCCC1)N1C(=O)CCC1=O. The molecule has 4 heteroatoms. The van der Waals surface area contributed by atoms with E-state index in [1.54, 1.807) is 0 Å². The smallest absolute Gasteiger partial charge is 0.230 e. The minimum Gasteiger partial charge on any atom is -0.292 e. The lowest BCUT2D eigenvalue weighted by atomic mass is 10.2. The Morgan fingerprint density at radius 2 is 1.63 bits per heavy atom. The van der Waals surface area contributed by atoms with Crippen molar-refractivity contribution in [2.45, 2.75) is 51.5 Å². The maximum absolute atomic E-state index is 11.6. The molecule has 0 bridgehead atoms. The number of rotatable bonds is 2. The molecule has 19 heavy (non-hydrogen) atoms. The minimum atomic E-state index is -0.283. The molecule has 0 unspecified atom stereocenters. The van der Waals surface area contributed by atoms with E-state index in [0.717, 1.165) is 19.6 Å². The van der Waals surface area contributed by atoms with E-state index >= 15 is 0 Å². The van der Waals surface area contributed by atoms with Crippen molar-refractivity contribution in [3.05, 3.63) is 0 Å². The number of likely N-dealkylation sites (tertiary alicyclic amines) is 2. The Balaban J connectivity index is 1.85. The van der Waals surface area contributed by atoms with Gasteiger partial charge in [0.1, 0.15) is 0 Å². The van der Waals surface area contributed by atoms with Gasteiger partial charge in [0.05, 0.1) is 12.6 Å². The third kappa shape index (κ3) is 3.81. The third-order valence-electron chi connectivity index (χ3n) is 3.79. The van der Waals surface area contributed by atoms with Gasteiger partial charge < -0.3 is 0 Å². The van der Waals surface area contributed by atoms with Crippen LogP contribution in [0.2, 0.25) is 0 Å². The molecule has 2 saturated heterocycles. The van der Waals surface area contributed by atoms with Gasteiger partial charge in [0.2, 0.25) is 11.8 Å². The van der Waals surface area contributed by atoms with Crippen LogP contribution in [0.3, 0.4) is 0 Å². The second-order valence-corrected chi connectivity index (χ2v) is 5.34. The maximum Gasteiger partial charge on any atom is 0.230 e. The predicted molar refractivity (Wildman–Crippen MR) is 73.2 cm³/mol. The number of amides is 2. The van der Waals surface area contributed by atoms with Crippen molar-refractivity contribution in [3.63, 3.8) is 0 Å². The van der Waals surface area contributed by atoms with Crippen LogP contribution in [0.1, 0.15) is 45.4 Å². The fourth-order valence-electron chi connectivity index (χ4n) is 2.69. The molecule has 2 aliphatic rings. The van der Waals surface area contributed by atoms with Crippen LogP contribution in [0.25, 0.3) is 0 Å². The summed E-state index contributed by atoms with van der Waals surface area (Å²) in [5.74, 6) is 6.01. The molecule has 0 N–H and O–H groups in total. The molecule has 2 fully saturated rings. The molecule has 0 aliphatic carbocycles. The highest BCUT2D eigenvalue weighted by atomic mass is 16.2. The molecule has 2 amide bonds. The lowest BCUT2D eigenvalue weighted by Crippen LogP contribution is -2.36. The maximum atomic E-state index is 11.6. The lowest BCUT2D eigenvalue weighted by molar-refractivity contribution is -0.139. The van der Waals surface area contributed by atoms with Crippen LogP contribution < -0.4 is 0 Å². The van der Waals surface area contributed by atoms with Crippen molar-refractivity contribution in [1.29, 1.82) is 0 Å². The van der Waals surface area contributed by atoms with Crippen LogP contribution in [-0.2, 0) is 9.59 Å². The quantitative estimate of drug-likeness (QED) is 0.558. The Bertz CT molecular complexity index is 384. The topological polar surface area (TPSA) is 40.6 Å². The molecule has 2 heterocycles. The van der Waals surface area contributed by atoms with Gasteiger partial charge >= 0.3 is 0 Å². The number of hydrogen-bond donors (Lipinski definition) is 0. The first-order chi connectivity index (χ1) is 9.18. The Kier molecular flexibility index (Phi) is 4.98. The molecule has 0 aromatic rings. The minimum absolute atomic E-state index is 0.0819. The summed E-state index contributed by atoms with van der Waals surface area (Å²) in [6.07, 6.45) is 5.82. The second-order valence-electron chi connectivity index (χ2n) is 5.34. The van der Waals surface area contributed by atoms with E-state index in [0.29, 0.717) is 12.8 Å². The lowest BCUT2D eigenvalue weighted by Gasteiger charge is -2.18. The van der Waals surface area contributed by atoms with Crippen molar-refractivity contribution in [1.82, 2.24) is 9.80 Å². The Morgan fingerprint density at radius 1 is 1.05 bits per heavy atom. The summed E-state index contributed by atoms with van der Waals surface area (Å²) in [7, 11) is 0. The summed E-state index contributed by atoms with van der Waals surface area (Å²) in [4.78, 5) is 26.8. The highest BCUT2D eigenvalue weighted by molar-refractivity contribution is 6.02. The molecule has 2 aliphatic heterocycles. The van der Waals surface area contributed by atoms with Gasteiger partial charge in [0, 0.05) is 12.8 Å². The highest BCUT2D eigenvalue weighted by Gasteiger charge is 2.31. The highest BCUT2D eigenvalue weighted by Crippen LogP contribution is 2.14. The van der Waals surface area contributed by atoms with E-state index in [1.807, 2.05) is 6.92 Å². The molecule has 0 saturated carbocycles. The zero-order valence-corrected chi connectivity index (χ0v) is 11.7. The van der Waals surface area contributed by atoms with Crippen molar-refractivity contribution in [2.75, 3.05) is 19.6 Å². The number of hydrogen-bond acceptors (Lipinski definition) is 3. The number of carbonyl (C=O) groups is 2. The third-order valence-corrected chi connectivity index (χ3v) is 3.79. The van der Waals surface area contributed by atoms with Crippen molar-refractivity contribution in [3.8, 4) is 11.8 Å². The average Bonchev–Trinajstić information content (AvgIpc) is 2.60. The van der Waals surface area contributed by atoms with E-state index in [1.165, 1.54) is 30.6 Å². The summed E-state index contributed by atoms with van der Waals surface area (Å²) < 4.78 is 0. The van der Waals surface area contributed by atoms with E-state index in [4.69, 9.17) is 0 Å². The van der Waals surface area contributed by atoms with Crippen LogP contribution in [-0.4, -0.2) is 47.3 Å². The van der Waals surface area contributed by atoms with Gasteiger partial charge in [0.15, 0.2) is 0 Å². The van der Waals surface area contributed by atoms with Crippen molar-refractivity contribution < 1.29 is 9.59 Å². The van der Waals surface area contributed by atoms with Crippen LogP contribution in [0, 0.1) is 11.8 Å². The largest absolute Gasteiger partial charge is 0.292 e. The monoisotopic (exact) mass is 262 g/mol. The van der Waals surface area contributed by atoms with Gasteiger partial charge in [-0.15, -0.1) is 0 Å². The summed E-state index contributed by atoms with van der Waals surface area (Å²) >= 11 is 0. The van der Waals surface area contributed by atoms with Gasteiger partial charge in [-0.2, -0.15) is 0 Å². The summed E-state index contributed by atoms with van der Waals surface area (Å²) in [6.45, 7) is 4.81. The Hall–Kier alpha value is -1.34. The standard InChI is InChI=1S/C15H22N2O2/c1-13(17-14(18)8-9-15(17)19)7-6-12-16-10-4-2-3-5-11-16/h13H,2-5,8-12H2,1H3/t13-/m0/s1. The first-order valence-corrected chi connectivity index (χ1v) is 7.24. The fraction of sp³-hybridized carbons (Fsp3) is 0.733. The van der Waals surface area contributed by atoms with Gasteiger partial charge in [-0.3, -0.25) is 19.4 Å². The average molecular weight is 262 g/mol. The van der Waals surface area contributed by atoms with E-state index in [9.17, 15) is 9.59 Å². The van der Waals surface area contributed by atoms with Gasteiger partial charge in [-0.1, -0.05) is 24.7 Å². The predicted octanol–water partition coefficient (Wildman–Crippen LogP) is 1.40. The molecule has 0 aromatic heterocycles. The molecule has 2 rings (SSSR count). The number of carbonyl (C=O) groups excluding carboxylic acids is 2. The normalized spacial score (nSPS) is 22.9. The molecule has 0 aromatic carbocycles. The van der Waals surface area contributed by atoms with Crippen molar-refractivity contribution >= 4 is 11.8 Å². The van der Waals surface area contributed by atoms with E-state index < -0.39 is 0 Å². The Morgan fingerprint density at radius 3 is 2.21 bits per heavy atom. The summed E-state index contributed by atoms with van der Waals surface area (Å²) in [6, 6.07) is -0.283. The van der Waals surface area contributed by atoms with Gasteiger partial charge in [-0.05, 0) is 32.9 Å². The first kappa shape index (κ1) is 14.1. The first-order valence-electron chi connectivity index (χ1n) is 7.24. The van der Waals surface area contributed by atoms with Crippen LogP contribution >= 0.6 is 0 Å².